The van der Waals surface area contributed by atoms with Crippen LogP contribution in [0.2, 0.25) is 0 Å². The van der Waals surface area contributed by atoms with E-state index in [0.717, 1.165) is 17.8 Å². The summed E-state index contributed by atoms with van der Waals surface area (Å²) in [6.07, 6.45) is 26.3. The summed E-state index contributed by atoms with van der Waals surface area (Å²) in [5.74, 6) is 2.85. The van der Waals surface area contributed by atoms with Crippen molar-refractivity contribution in [2.75, 3.05) is 0 Å². The van der Waals surface area contributed by atoms with E-state index in [4.69, 9.17) is 0 Å². The Morgan fingerprint density at radius 2 is 0.935 bits per heavy atom. The Labute approximate surface area is 402 Å². The first-order chi connectivity index (χ1) is 29.3. The predicted octanol–water partition coefficient (Wildman–Crippen LogP) is 24.5. The Hall–Kier alpha value is -1.04. The molecule has 0 aromatic heterocycles. The lowest BCUT2D eigenvalue weighted by Gasteiger charge is -2.57. The number of rotatable bonds is 11. The van der Waals surface area contributed by atoms with E-state index in [-0.39, 0.29) is 5.41 Å². The number of unbranched alkanes of at least 4 members (excludes halogenated alkanes) is 5. The van der Waals surface area contributed by atoms with Crippen LogP contribution < -0.4 is 0 Å². The Balaban J connectivity index is -0.0000000846. The molecule has 2 aliphatic carbocycles. The van der Waals surface area contributed by atoms with Crippen LogP contribution in [0.1, 0.15) is 327 Å². The van der Waals surface area contributed by atoms with Gasteiger partial charge in [0.1, 0.15) is 0 Å². The van der Waals surface area contributed by atoms with E-state index in [0.29, 0.717) is 10.8 Å². The van der Waals surface area contributed by atoms with Crippen molar-refractivity contribution in [3.63, 3.8) is 0 Å². The van der Waals surface area contributed by atoms with Crippen molar-refractivity contribution >= 4 is 0 Å². The summed E-state index contributed by atoms with van der Waals surface area (Å²) in [5, 5.41) is 0. The summed E-state index contributed by atoms with van der Waals surface area (Å²) in [4.78, 5) is 0. The maximum absolute atomic E-state index is 2.50. The van der Waals surface area contributed by atoms with Gasteiger partial charge in [-0.05, 0) is 73.7 Å². The first-order valence-corrected chi connectivity index (χ1v) is 28.1. The highest BCUT2D eigenvalue weighted by Gasteiger charge is 2.52. The Morgan fingerprint density at radius 1 is 0.597 bits per heavy atom. The molecule has 3 rings (SSSR count). The molecule has 0 heterocycles. The normalized spacial score (nSPS) is 17.7. The minimum atomic E-state index is 0.230. The van der Waals surface area contributed by atoms with Gasteiger partial charge in [-0.25, -0.2) is 0 Å². The second-order valence-electron chi connectivity index (χ2n) is 18.4. The lowest BCUT2D eigenvalue weighted by molar-refractivity contribution is 0.0165. The second kappa shape index (κ2) is 62.0. The van der Waals surface area contributed by atoms with Crippen molar-refractivity contribution in [1.29, 1.82) is 0 Å². The lowest BCUT2D eigenvalue weighted by atomic mass is 9.47. The van der Waals surface area contributed by atoms with E-state index < -0.39 is 0 Å². The molecule has 0 nitrogen and oxygen atoms in total. The van der Waals surface area contributed by atoms with Crippen LogP contribution in [0.3, 0.4) is 0 Å². The van der Waals surface area contributed by atoms with Gasteiger partial charge in [-0.1, -0.05) is 325 Å². The molecule has 0 bridgehead atoms. The van der Waals surface area contributed by atoms with E-state index in [2.05, 4.69) is 183 Å². The molecule has 2 atom stereocenters. The third-order valence-corrected chi connectivity index (χ3v) is 11.4. The molecule has 0 saturated heterocycles. The Bertz CT molecular complexity index is 876. The largest absolute Gasteiger partial charge is 0.0875 e. The zero-order valence-electron chi connectivity index (χ0n) is 50.3. The van der Waals surface area contributed by atoms with Crippen molar-refractivity contribution in [1.82, 2.24) is 0 Å². The molecule has 0 aliphatic heterocycles. The predicted molar refractivity (Wildman–Crippen MR) is 304 cm³/mol. The maximum atomic E-state index is 2.50. The second-order valence-corrected chi connectivity index (χ2v) is 18.4. The Kier molecular flexibility index (Phi) is 81.2. The van der Waals surface area contributed by atoms with Gasteiger partial charge in [0, 0.05) is 5.41 Å². The van der Waals surface area contributed by atoms with E-state index in [1.54, 1.807) is 11.1 Å². The fourth-order valence-corrected chi connectivity index (χ4v) is 5.61. The summed E-state index contributed by atoms with van der Waals surface area (Å²) in [6.45, 7) is 65.7. The SMILES string of the molecule is C/C=C1/CC(C)(CC)C(C)(C)CC1(CCC)c1cccc(C)c1.CC.CC.CC.CC.CC1CC1.CCC.CCC(C)C.CCC(C)C.CCCC.CCCC.CCCCCC. The molecule has 0 N–H and O–H groups in total. The van der Waals surface area contributed by atoms with Crippen LogP contribution in [0.25, 0.3) is 0 Å². The average Bonchev–Trinajstić information content (AvgIpc) is 4.09. The van der Waals surface area contributed by atoms with E-state index >= 15 is 0 Å². The summed E-state index contributed by atoms with van der Waals surface area (Å²) in [5.41, 5.74) is 5.58. The summed E-state index contributed by atoms with van der Waals surface area (Å²) < 4.78 is 0. The molecule has 1 aromatic rings. The van der Waals surface area contributed by atoms with Gasteiger partial charge in [-0.3, -0.25) is 0 Å². The topological polar surface area (TPSA) is 0 Å². The van der Waals surface area contributed by atoms with Crippen LogP contribution >= 0.6 is 0 Å². The van der Waals surface area contributed by atoms with E-state index in [1.165, 1.54) is 121 Å². The smallest absolute Gasteiger partial charge is 0.0167 e. The van der Waals surface area contributed by atoms with Crippen molar-refractivity contribution in [2.45, 2.75) is 329 Å². The number of hydrogen-bond acceptors (Lipinski definition) is 0. The highest BCUT2D eigenvalue weighted by atomic mass is 14.6. The van der Waals surface area contributed by atoms with Gasteiger partial charge < -0.3 is 0 Å². The molecule has 0 amide bonds. The van der Waals surface area contributed by atoms with Gasteiger partial charge in [0.15, 0.2) is 0 Å². The average molecular weight is 880 g/mol. The van der Waals surface area contributed by atoms with Crippen molar-refractivity contribution in [3.8, 4) is 0 Å². The molecule has 0 spiro atoms. The molecular formula is C62H134. The van der Waals surface area contributed by atoms with Crippen LogP contribution in [0.15, 0.2) is 35.9 Å². The van der Waals surface area contributed by atoms with Gasteiger partial charge in [-0.15, -0.1) is 0 Å². The Morgan fingerprint density at radius 3 is 1.15 bits per heavy atom. The molecule has 1 aromatic carbocycles. The monoisotopic (exact) mass is 879 g/mol. The quantitative estimate of drug-likeness (QED) is 0.153. The van der Waals surface area contributed by atoms with Crippen LogP contribution in [0, 0.1) is 35.5 Å². The fourth-order valence-electron chi connectivity index (χ4n) is 5.61. The van der Waals surface area contributed by atoms with E-state index in [1.807, 2.05) is 55.4 Å². The molecule has 0 radical (unpaired) electrons. The van der Waals surface area contributed by atoms with Crippen LogP contribution in [-0.4, -0.2) is 0 Å². The molecule has 2 saturated carbocycles. The molecule has 2 aliphatic rings. The van der Waals surface area contributed by atoms with Crippen molar-refractivity contribution in [2.24, 2.45) is 28.6 Å². The number of aryl methyl sites for hydroxylation is 1. The van der Waals surface area contributed by atoms with Crippen LogP contribution in [-0.2, 0) is 5.41 Å². The van der Waals surface area contributed by atoms with Gasteiger partial charge in [-0.2, -0.15) is 0 Å². The van der Waals surface area contributed by atoms with Gasteiger partial charge in [0.05, 0.1) is 0 Å². The lowest BCUT2D eigenvalue weighted by Crippen LogP contribution is -2.49. The number of benzene rings is 1. The zero-order valence-corrected chi connectivity index (χ0v) is 50.3. The summed E-state index contributed by atoms with van der Waals surface area (Å²) in [6, 6.07) is 9.28. The summed E-state index contributed by atoms with van der Waals surface area (Å²) >= 11 is 0. The minimum absolute atomic E-state index is 0.230. The summed E-state index contributed by atoms with van der Waals surface area (Å²) in [7, 11) is 0. The molecule has 2 fully saturated rings. The third-order valence-electron chi connectivity index (χ3n) is 11.4. The molecule has 0 heteroatoms. The first kappa shape index (κ1) is 81.2. The minimum Gasteiger partial charge on any atom is -0.0875 e. The zero-order chi connectivity index (χ0) is 51.2. The van der Waals surface area contributed by atoms with Gasteiger partial charge in [0.2, 0.25) is 0 Å². The molecule has 62 heavy (non-hydrogen) atoms. The van der Waals surface area contributed by atoms with Crippen molar-refractivity contribution in [3.05, 3.63) is 47.0 Å². The fraction of sp³-hybridized carbons (Fsp3) is 0.871. The number of hydrogen-bond donors (Lipinski definition) is 0. The van der Waals surface area contributed by atoms with Crippen molar-refractivity contribution < 1.29 is 0 Å². The van der Waals surface area contributed by atoms with E-state index in [9.17, 15) is 0 Å². The first-order valence-electron chi connectivity index (χ1n) is 28.1. The maximum Gasteiger partial charge on any atom is 0.0167 e. The van der Waals surface area contributed by atoms with Gasteiger partial charge in [0.25, 0.3) is 0 Å². The molecular weight excluding hydrogens is 745 g/mol. The van der Waals surface area contributed by atoms with Gasteiger partial charge >= 0.3 is 0 Å². The highest BCUT2D eigenvalue weighted by molar-refractivity contribution is 5.41. The molecule has 382 valence electrons. The third kappa shape index (κ3) is 51.6. The molecule has 2 unspecified atom stereocenters. The number of allylic oxidation sites excluding steroid dienone is 2. The highest BCUT2D eigenvalue weighted by Crippen LogP contribution is 2.61. The standard InChI is InChI=1S/C23H36.C6H14.2C5H12.C4H8.2C4H10.C3H8.4C2H6/c1-8-14-23(20-13-11-12-18(4)15-20)17-21(5,6)22(7,10-3)16-19(23)9-2;1-3-5-6-4-2;2*1-4-5(2)3;1-4-2-3-4;2*1-3-4-2;1-3-2;4*1-2/h9,11-13,15H,8,10,14,16-17H2,1-7H3;3-6H2,1-2H3;2*5H,4H2,1-3H3;4H,2-3H2,1H3;2*3-4H2,1-2H3;3H2,1-2H3;4*1-2H3/b19-9-;;;;;;;;;;;. The van der Waals surface area contributed by atoms with Crippen LogP contribution in [0.5, 0.6) is 0 Å². The van der Waals surface area contributed by atoms with Crippen LogP contribution in [0.4, 0.5) is 0 Å².